The molecule has 1 N–H and O–H groups in total. The van der Waals surface area contributed by atoms with Crippen LogP contribution in [0.25, 0.3) is 0 Å². The van der Waals surface area contributed by atoms with Crippen LogP contribution in [0.4, 0.5) is 0 Å². The van der Waals surface area contributed by atoms with Crippen LogP contribution in [0.2, 0.25) is 0 Å². The lowest BCUT2D eigenvalue weighted by atomic mass is 9.99. The first-order valence-corrected chi connectivity index (χ1v) is 6.02. The molecule has 2 aromatic carbocycles. The van der Waals surface area contributed by atoms with Crippen LogP contribution in [0.5, 0.6) is 0 Å². The second kappa shape index (κ2) is 6.00. The number of nitriles is 1. The summed E-state index contributed by atoms with van der Waals surface area (Å²) >= 11 is 0. The highest BCUT2D eigenvalue weighted by Gasteiger charge is 2.12. The fourth-order valence-corrected chi connectivity index (χ4v) is 1.85. The number of carbonyl (C=O) groups is 1. The first-order valence-electron chi connectivity index (χ1n) is 6.02. The Morgan fingerprint density at radius 1 is 1.10 bits per heavy atom. The van der Waals surface area contributed by atoms with Crippen molar-refractivity contribution in [2.24, 2.45) is 0 Å². The average molecular weight is 267 g/mol. The molecule has 0 aromatic heterocycles. The van der Waals surface area contributed by atoms with Crippen molar-refractivity contribution in [3.8, 4) is 6.07 Å². The second-order valence-corrected chi connectivity index (χ2v) is 4.25. The topological polar surface area (TPSA) is 70.3 Å². The Bertz CT molecular complexity index is 639. The van der Waals surface area contributed by atoms with E-state index in [1.807, 2.05) is 6.07 Å². The molecule has 0 heterocycles. The summed E-state index contributed by atoms with van der Waals surface area (Å²) in [4.78, 5) is 11.3. The molecule has 0 spiro atoms. The van der Waals surface area contributed by atoms with Crippen LogP contribution >= 0.6 is 0 Å². The zero-order valence-electron chi connectivity index (χ0n) is 10.9. The molecule has 0 aliphatic carbocycles. The monoisotopic (exact) mass is 267 g/mol. The predicted molar refractivity (Wildman–Crippen MR) is 73.0 cm³/mol. The minimum Gasteiger partial charge on any atom is -0.465 e. The lowest BCUT2D eigenvalue weighted by Crippen LogP contribution is -2.03. The van der Waals surface area contributed by atoms with Gasteiger partial charge in [-0.25, -0.2) is 4.79 Å². The van der Waals surface area contributed by atoms with Gasteiger partial charge in [0.1, 0.15) is 6.10 Å². The van der Waals surface area contributed by atoms with Crippen molar-refractivity contribution < 1.29 is 14.6 Å². The predicted octanol–water partition coefficient (Wildman–Crippen LogP) is 2.43. The van der Waals surface area contributed by atoms with Gasteiger partial charge in [-0.1, -0.05) is 24.3 Å². The number of nitrogens with zero attached hydrogens (tertiary/aromatic N) is 1. The Kier molecular flexibility index (Phi) is 4.14. The van der Waals surface area contributed by atoms with E-state index in [0.717, 1.165) is 0 Å². The molecule has 0 bridgehead atoms. The number of hydrogen-bond acceptors (Lipinski definition) is 4. The van der Waals surface area contributed by atoms with Gasteiger partial charge < -0.3 is 9.84 Å². The highest BCUT2D eigenvalue weighted by molar-refractivity contribution is 5.89. The van der Waals surface area contributed by atoms with E-state index in [-0.39, 0.29) is 0 Å². The molecule has 0 aliphatic rings. The van der Waals surface area contributed by atoms with E-state index in [4.69, 9.17) is 5.26 Å². The summed E-state index contributed by atoms with van der Waals surface area (Å²) in [5, 5.41) is 19.0. The minimum absolute atomic E-state index is 0.413. The van der Waals surface area contributed by atoms with E-state index < -0.39 is 12.1 Å². The van der Waals surface area contributed by atoms with Crippen molar-refractivity contribution in [3.63, 3.8) is 0 Å². The van der Waals surface area contributed by atoms with E-state index in [0.29, 0.717) is 22.3 Å². The smallest absolute Gasteiger partial charge is 0.337 e. The quantitative estimate of drug-likeness (QED) is 0.867. The lowest BCUT2D eigenvalue weighted by molar-refractivity contribution is 0.0600. The Morgan fingerprint density at radius 2 is 1.60 bits per heavy atom. The third-order valence-electron chi connectivity index (χ3n) is 3.00. The van der Waals surface area contributed by atoms with Crippen LogP contribution in [0, 0.1) is 11.3 Å². The maximum atomic E-state index is 11.3. The first-order chi connectivity index (χ1) is 9.65. The molecular weight excluding hydrogens is 254 g/mol. The zero-order chi connectivity index (χ0) is 14.5. The summed E-state index contributed by atoms with van der Waals surface area (Å²) < 4.78 is 4.61. The Labute approximate surface area is 116 Å². The maximum absolute atomic E-state index is 11.3. The number of methoxy groups -OCH3 is 1. The maximum Gasteiger partial charge on any atom is 0.337 e. The molecule has 20 heavy (non-hydrogen) atoms. The highest BCUT2D eigenvalue weighted by atomic mass is 16.5. The highest BCUT2D eigenvalue weighted by Crippen LogP contribution is 2.22. The van der Waals surface area contributed by atoms with Gasteiger partial charge in [0.15, 0.2) is 0 Å². The molecule has 0 saturated heterocycles. The van der Waals surface area contributed by atoms with Crippen molar-refractivity contribution in [2.75, 3.05) is 7.11 Å². The van der Waals surface area contributed by atoms with Gasteiger partial charge in [-0.05, 0) is 35.4 Å². The normalized spacial score (nSPS) is 11.4. The number of benzene rings is 2. The fraction of sp³-hybridized carbons (Fsp3) is 0.125. The van der Waals surface area contributed by atoms with Gasteiger partial charge in [0.2, 0.25) is 0 Å². The average Bonchev–Trinajstić information content (AvgIpc) is 2.53. The van der Waals surface area contributed by atoms with Crippen LogP contribution in [0.3, 0.4) is 0 Å². The van der Waals surface area contributed by atoms with E-state index in [1.165, 1.54) is 7.11 Å². The molecule has 0 fully saturated rings. The molecule has 0 radical (unpaired) electrons. The summed E-state index contributed by atoms with van der Waals surface area (Å²) in [6, 6.07) is 15.3. The summed E-state index contributed by atoms with van der Waals surface area (Å²) in [7, 11) is 1.32. The number of carbonyl (C=O) groups excluding carboxylic acids is 1. The van der Waals surface area contributed by atoms with Crippen LogP contribution in [-0.2, 0) is 4.74 Å². The largest absolute Gasteiger partial charge is 0.465 e. The van der Waals surface area contributed by atoms with Gasteiger partial charge in [-0.2, -0.15) is 5.26 Å². The van der Waals surface area contributed by atoms with Crippen LogP contribution in [0.15, 0.2) is 48.5 Å². The summed E-state index contributed by atoms with van der Waals surface area (Å²) in [6.45, 7) is 0. The van der Waals surface area contributed by atoms with Crippen LogP contribution < -0.4 is 0 Å². The Morgan fingerprint density at radius 3 is 2.05 bits per heavy atom. The number of aliphatic hydroxyl groups excluding tert-OH is 1. The molecule has 0 aliphatic heterocycles. The molecule has 100 valence electrons. The van der Waals surface area contributed by atoms with Crippen LogP contribution in [-0.4, -0.2) is 18.2 Å². The van der Waals surface area contributed by atoms with E-state index in [9.17, 15) is 9.90 Å². The summed E-state index contributed by atoms with van der Waals surface area (Å²) in [6.07, 6.45) is -0.797. The molecule has 4 nitrogen and oxygen atoms in total. The van der Waals surface area contributed by atoms with Gasteiger partial charge >= 0.3 is 5.97 Å². The second-order valence-electron chi connectivity index (χ2n) is 4.25. The van der Waals surface area contributed by atoms with Gasteiger partial charge in [0.05, 0.1) is 24.3 Å². The fourth-order valence-electron chi connectivity index (χ4n) is 1.85. The van der Waals surface area contributed by atoms with Crippen LogP contribution in [0.1, 0.15) is 33.2 Å². The number of ether oxygens (including phenoxy) is 1. The summed E-state index contributed by atoms with van der Waals surface area (Å²) in [5.74, 6) is -0.413. The Balaban J connectivity index is 2.22. The van der Waals surface area contributed by atoms with Crippen molar-refractivity contribution in [1.29, 1.82) is 5.26 Å². The molecule has 4 heteroatoms. The number of hydrogen-bond donors (Lipinski definition) is 1. The van der Waals surface area contributed by atoms with Gasteiger partial charge in [-0.15, -0.1) is 0 Å². The molecular formula is C16H13NO3. The summed E-state index contributed by atoms with van der Waals surface area (Å²) in [5.41, 5.74) is 2.34. The van der Waals surface area contributed by atoms with Gasteiger partial charge in [0, 0.05) is 0 Å². The molecule has 2 rings (SSSR count). The van der Waals surface area contributed by atoms with Crippen molar-refractivity contribution in [2.45, 2.75) is 6.10 Å². The lowest BCUT2D eigenvalue weighted by Gasteiger charge is -2.12. The van der Waals surface area contributed by atoms with E-state index in [1.54, 1.807) is 48.5 Å². The number of esters is 1. The molecule has 1 atom stereocenters. The third kappa shape index (κ3) is 2.85. The zero-order valence-corrected chi connectivity index (χ0v) is 10.9. The van der Waals surface area contributed by atoms with Gasteiger partial charge in [-0.3, -0.25) is 0 Å². The number of aliphatic hydroxyl groups is 1. The van der Waals surface area contributed by atoms with Crippen molar-refractivity contribution in [1.82, 2.24) is 0 Å². The van der Waals surface area contributed by atoms with Gasteiger partial charge in [0.25, 0.3) is 0 Å². The molecule has 0 unspecified atom stereocenters. The Hall–Kier alpha value is -2.64. The standard InChI is InChI=1S/C16H13NO3/c1-20-16(19)14-8-6-13(7-9-14)15(18)12-4-2-11(10-17)3-5-12/h2-9,15,18H,1H3/t15-/m1/s1. The van der Waals surface area contributed by atoms with Crippen molar-refractivity contribution in [3.05, 3.63) is 70.8 Å². The molecule has 0 saturated carbocycles. The molecule has 2 aromatic rings. The number of rotatable bonds is 3. The minimum atomic E-state index is -0.797. The van der Waals surface area contributed by atoms with E-state index in [2.05, 4.69) is 4.74 Å². The third-order valence-corrected chi connectivity index (χ3v) is 3.00. The SMILES string of the molecule is COC(=O)c1ccc([C@H](O)c2ccc(C#N)cc2)cc1. The van der Waals surface area contributed by atoms with E-state index >= 15 is 0 Å². The first kappa shape index (κ1) is 13.8. The molecule has 0 amide bonds. The van der Waals surface area contributed by atoms with Crippen molar-refractivity contribution >= 4 is 5.97 Å².